The molecule has 0 saturated heterocycles. The highest BCUT2D eigenvalue weighted by Crippen LogP contribution is 2.31. The molecule has 0 saturated carbocycles. The number of carboxylic acids is 2. The van der Waals surface area contributed by atoms with E-state index < -0.39 is 11.9 Å². The van der Waals surface area contributed by atoms with E-state index in [9.17, 15) is 19.8 Å². The van der Waals surface area contributed by atoms with Gasteiger partial charge >= 0.3 is 11.9 Å². The van der Waals surface area contributed by atoms with Crippen LogP contribution in [0.3, 0.4) is 0 Å². The fourth-order valence-electron chi connectivity index (χ4n) is 3.97. The zero-order valence-corrected chi connectivity index (χ0v) is 20.8. The van der Waals surface area contributed by atoms with Crippen LogP contribution < -0.4 is 0 Å². The van der Waals surface area contributed by atoms with Crippen molar-refractivity contribution in [1.82, 2.24) is 0 Å². The monoisotopic (exact) mass is 474 g/mol. The van der Waals surface area contributed by atoms with Crippen molar-refractivity contribution < 1.29 is 30.0 Å². The van der Waals surface area contributed by atoms with Gasteiger partial charge in [-0.15, -0.1) is 0 Å². The van der Waals surface area contributed by atoms with E-state index in [0.717, 1.165) is 38.5 Å². The summed E-state index contributed by atoms with van der Waals surface area (Å²) in [6, 6.07) is 16.6. The number of carboxylic acid groups (broad SMARTS) is 2. The van der Waals surface area contributed by atoms with Gasteiger partial charge in [0.1, 0.15) is 0 Å². The van der Waals surface area contributed by atoms with Crippen molar-refractivity contribution in [3.63, 3.8) is 0 Å². The maximum Gasteiger partial charge on any atom is 0.335 e. The molecule has 6 nitrogen and oxygen atoms in total. The van der Waals surface area contributed by atoms with Gasteiger partial charge in [0.2, 0.25) is 0 Å². The number of rotatable bonds is 12. The van der Waals surface area contributed by atoms with Crippen LogP contribution >= 0.6 is 0 Å². The number of aliphatic hydroxyl groups is 2. The van der Waals surface area contributed by atoms with Crippen molar-refractivity contribution in [2.45, 2.75) is 59.3 Å². The molecule has 2 aromatic carbocycles. The third-order valence-electron chi connectivity index (χ3n) is 5.66. The average Bonchev–Trinajstić information content (AvgIpc) is 2.86. The number of aliphatic hydroxyl groups excluding tert-OH is 2. The summed E-state index contributed by atoms with van der Waals surface area (Å²) in [7, 11) is 0. The predicted molar refractivity (Wildman–Crippen MR) is 136 cm³/mol. The van der Waals surface area contributed by atoms with E-state index >= 15 is 0 Å². The molecule has 6 heteroatoms. The van der Waals surface area contributed by atoms with Gasteiger partial charge < -0.3 is 20.4 Å². The van der Waals surface area contributed by atoms with Gasteiger partial charge in [0.25, 0.3) is 0 Å². The minimum Gasteiger partial charge on any atom is -0.478 e. The Morgan fingerprint density at radius 1 is 0.618 bits per heavy atom. The van der Waals surface area contributed by atoms with Crippen molar-refractivity contribution in [2.75, 3.05) is 13.2 Å². The fourth-order valence-corrected chi connectivity index (χ4v) is 3.97. The highest BCUT2D eigenvalue weighted by molar-refractivity contribution is 5.87. The van der Waals surface area contributed by atoms with Crippen LogP contribution in [0.4, 0.5) is 0 Å². The number of aromatic carboxylic acids is 2. The molecule has 0 fully saturated rings. The van der Waals surface area contributed by atoms with Crippen molar-refractivity contribution >= 4 is 11.9 Å². The van der Waals surface area contributed by atoms with Crippen LogP contribution in [0.15, 0.2) is 60.7 Å². The molecule has 0 heterocycles. The first-order chi connectivity index (χ1) is 16.4. The van der Waals surface area contributed by atoms with Gasteiger partial charge in [-0.3, -0.25) is 0 Å². The Balaban J connectivity index is 0.000000513. The summed E-state index contributed by atoms with van der Waals surface area (Å²) < 4.78 is 0. The lowest BCUT2D eigenvalue weighted by atomic mass is 9.75. The Bertz CT molecular complexity index is 699. The topological polar surface area (TPSA) is 115 Å². The molecule has 2 atom stereocenters. The number of benzene rings is 2. The highest BCUT2D eigenvalue weighted by atomic mass is 16.4. The summed E-state index contributed by atoms with van der Waals surface area (Å²) in [5.74, 6) is -0.492. The molecule has 0 bridgehead atoms. The smallest absolute Gasteiger partial charge is 0.335 e. The van der Waals surface area contributed by atoms with Gasteiger partial charge in [0.15, 0.2) is 0 Å². The molecular weight excluding hydrogens is 432 g/mol. The third-order valence-corrected chi connectivity index (χ3v) is 5.66. The molecule has 2 unspecified atom stereocenters. The number of hydrogen-bond acceptors (Lipinski definition) is 4. The molecule has 0 aliphatic rings. The molecule has 190 valence electrons. The SMILES string of the molecule is CCCC(CO)C(CCC)C(CO)CCC.O=C(O)c1ccccc1.O=C(O)c1ccccc1. The molecule has 2 aromatic rings. The Morgan fingerprint density at radius 3 is 1.15 bits per heavy atom. The van der Waals surface area contributed by atoms with Gasteiger partial charge in [0, 0.05) is 13.2 Å². The Morgan fingerprint density at radius 2 is 0.941 bits per heavy atom. The van der Waals surface area contributed by atoms with E-state index in [0.29, 0.717) is 28.9 Å². The van der Waals surface area contributed by atoms with Crippen LogP contribution in [0, 0.1) is 17.8 Å². The van der Waals surface area contributed by atoms with E-state index in [2.05, 4.69) is 20.8 Å². The van der Waals surface area contributed by atoms with Crippen molar-refractivity contribution in [3.8, 4) is 0 Å². The summed E-state index contributed by atoms with van der Waals surface area (Å²) in [5, 5.41) is 35.7. The molecule has 0 aliphatic carbocycles. The normalized spacial score (nSPS) is 12.7. The van der Waals surface area contributed by atoms with E-state index in [4.69, 9.17) is 10.2 Å². The minimum atomic E-state index is -0.879. The molecule has 0 amide bonds. The van der Waals surface area contributed by atoms with Crippen LogP contribution in [0.2, 0.25) is 0 Å². The average molecular weight is 475 g/mol. The summed E-state index contributed by atoms with van der Waals surface area (Å²) >= 11 is 0. The third kappa shape index (κ3) is 13.1. The quantitative estimate of drug-likeness (QED) is 0.300. The maximum atomic E-state index is 10.2. The molecule has 4 N–H and O–H groups in total. The number of carbonyl (C=O) groups is 2. The highest BCUT2D eigenvalue weighted by Gasteiger charge is 2.26. The van der Waals surface area contributed by atoms with Gasteiger partial charge in [-0.1, -0.05) is 82.9 Å². The van der Waals surface area contributed by atoms with Crippen molar-refractivity contribution in [1.29, 1.82) is 0 Å². The molecule has 0 spiro atoms. The lowest BCUT2D eigenvalue weighted by Crippen LogP contribution is -2.28. The van der Waals surface area contributed by atoms with Crippen molar-refractivity contribution in [2.24, 2.45) is 17.8 Å². The predicted octanol–water partition coefficient (Wildman–Crippen LogP) is 5.99. The van der Waals surface area contributed by atoms with Crippen LogP contribution in [0.5, 0.6) is 0 Å². The van der Waals surface area contributed by atoms with Gasteiger partial charge in [-0.25, -0.2) is 9.59 Å². The zero-order valence-electron chi connectivity index (χ0n) is 20.8. The Hall–Kier alpha value is -2.70. The molecule has 0 aliphatic heterocycles. The van der Waals surface area contributed by atoms with Gasteiger partial charge in [0.05, 0.1) is 11.1 Å². The first-order valence-corrected chi connectivity index (χ1v) is 12.1. The van der Waals surface area contributed by atoms with E-state index in [1.165, 1.54) is 0 Å². The molecule has 0 aromatic heterocycles. The zero-order chi connectivity index (χ0) is 25.8. The number of hydrogen-bond donors (Lipinski definition) is 4. The Labute approximate surface area is 204 Å². The van der Waals surface area contributed by atoms with Crippen LogP contribution in [-0.4, -0.2) is 45.6 Å². The molecule has 34 heavy (non-hydrogen) atoms. The van der Waals surface area contributed by atoms with Crippen LogP contribution in [0.1, 0.15) is 80.0 Å². The Kier molecular flexibility index (Phi) is 18.2. The molecule has 0 radical (unpaired) electrons. The van der Waals surface area contributed by atoms with Crippen LogP contribution in [-0.2, 0) is 0 Å². The lowest BCUT2D eigenvalue weighted by molar-refractivity contribution is 0.0686. The second kappa shape index (κ2) is 19.7. The molecule has 2 rings (SSSR count). The van der Waals surface area contributed by atoms with E-state index in [1.54, 1.807) is 60.7 Å². The van der Waals surface area contributed by atoms with Gasteiger partial charge in [-0.2, -0.15) is 0 Å². The van der Waals surface area contributed by atoms with E-state index in [-0.39, 0.29) is 13.2 Å². The standard InChI is InChI=1S/C14H30O2.2C7H6O2/c1-4-7-12(10-15)14(9-6-3)13(11-16)8-5-2;2*8-7(9)6-4-2-1-3-5-6/h12-16H,4-11H2,1-3H3;2*1-5H,(H,8,9). The minimum absolute atomic E-state index is 0.277. The van der Waals surface area contributed by atoms with Gasteiger partial charge in [-0.05, 0) is 54.9 Å². The molecular formula is C28H42O6. The second-order valence-electron chi connectivity index (χ2n) is 8.26. The summed E-state index contributed by atoms with van der Waals surface area (Å²) in [6.07, 6.45) is 6.69. The maximum absolute atomic E-state index is 10.2. The second-order valence-corrected chi connectivity index (χ2v) is 8.26. The van der Waals surface area contributed by atoms with E-state index in [1.807, 2.05) is 0 Å². The largest absolute Gasteiger partial charge is 0.478 e. The fraction of sp³-hybridized carbons (Fsp3) is 0.500. The van der Waals surface area contributed by atoms with Crippen molar-refractivity contribution in [3.05, 3.63) is 71.8 Å². The lowest BCUT2D eigenvalue weighted by Gasteiger charge is -2.31. The first-order valence-electron chi connectivity index (χ1n) is 12.1. The van der Waals surface area contributed by atoms with Crippen LogP contribution in [0.25, 0.3) is 0 Å². The summed E-state index contributed by atoms with van der Waals surface area (Å²) in [6.45, 7) is 7.07. The summed E-state index contributed by atoms with van der Waals surface area (Å²) in [5.41, 5.74) is 0.662. The first kappa shape index (κ1) is 31.3. The summed E-state index contributed by atoms with van der Waals surface area (Å²) in [4.78, 5) is 20.4.